The average Bonchev–Trinajstić information content (AvgIpc) is 2.57. The van der Waals surface area contributed by atoms with E-state index in [1.54, 1.807) is 7.11 Å². The second-order valence-corrected chi connectivity index (χ2v) is 6.90. The molecule has 5 nitrogen and oxygen atoms in total. The third-order valence-corrected chi connectivity index (χ3v) is 5.78. The minimum absolute atomic E-state index is 0.0116. The van der Waals surface area contributed by atoms with Crippen LogP contribution in [0.15, 0.2) is 34.6 Å². The lowest BCUT2D eigenvalue weighted by Gasteiger charge is -2.56. The van der Waals surface area contributed by atoms with Crippen LogP contribution in [-0.4, -0.2) is 38.2 Å². The van der Waals surface area contributed by atoms with Gasteiger partial charge in [0.2, 0.25) is 5.78 Å². The third kappa shape index (κ3) is 1.86. The van der Waals surface area contributed by atoms with Gasteiger partial charge >= 0.3 is 0 Å². The lowest BCUT2D eigenvalue weighted by molar-refractivity contribution is -0.251. The van der Waals surface area contributed by atoms with Crippen LogP contribution in [0.25, 0.3) is 0 Å². The number of ether oxygens (including phenoxy) is 3. The van der Waals surface area contributed by atoms with Gasteiger partial charge in [0.15, 0.2) is 17.8 Å². The Morgan fingerprint density at radius 2 is 2.00 bits per heavy atom. The van der Waals surface area contributed by atoms with Crippen molar-refractivity contribution < 1.29 is 23.8 Å². The molecule has 0 aromatic rings. The van der Waals surface area contributed by atoms with Crippen molar-refractivity contribution in [2.45, 2.75) is 38.6 Å². The summed E-state index contributed by atoms with van der Waals surface area (Å²) in [5.74, 6) is -0.0451. The smallest absolute Gasteiger partial charge is 0.224 e. The van der Waals surface area contributed by atoms with Crippen molar-refractivity contribution in [3.05, 3.63) is 34.6 Å². The second kappa shape index (κ2) is 4.89. The molecule has 3 fully saturated rings. The molecule has 1 saturated carbocycles. The number of carbonyl (C=O) groups is 2. The summed E-state index contributed by atoms with van der Waals surface area (Å²) in [4.78, 5) is 25.0. The fourth-order valence-electron chi connectivity index (χ4n) is 4.57. The molecule has 23 heavy (non-hydrogen) atoms. The monoisotopic (exact) mass is 316 g/mol. The minimum atomic E-state index is -0.255. The van der Waals surface area contributed by atoms with Crippen LogP contribution in [0.2, 0.25) is 0 Å². The zero-order chi connectivity index (χ0) is 16.4. The molecule has 5 aliphatic rings. The number of hydrogen-bond donors (Lipinski definition) is 0. The summed E-state index contributed by atoms with van der Waals surface area (Å²) in [5.41, 5.74) is 2.03. The maximum atomic E-state index is 12.6. The van der Waals surface area contributed by atoms with E-state index in [9.17, 15) is 9.59 Å². The molecule has 0 unspecified atom stereocenters. The van der Waals surface area contributed by atoms with Gasteiger partial charge in [-0.1, -0.05) is 18.6 Å². The highest BCUT2D eigenvalue weighted by Crippen LogP contribution is 2.57. The number of rotatable bonds is 2. The molecule has 2 saturated heterocycles. The normalized spacial score (nSPS) is 38.8. The van der Waals surface area contributed by atoms with Crippen molar-refractivity contribution in [3.8, 4) is 0 Å². The van der Waals surface area contributed by atoms with Crippen molar-refractivity contribution in [2.75, 3.05) is 14.2 Å². The molecular formula is C18H20O5. The molecule has 0 N–H and O–H groups in total. The Labute approximate surface area is 135 Å². The molecule has 3 aliphatic carbocycles. The Hall–Kier alpha value is -1.72. The van der Waals surface area contributed by atoms with Crippen LogP contribution in [0.4, 0.5) is 0 Å². The molecule has 5 heteroatoms. The largest absolute Gasteiger partial charge is 0.493 e. The van der Waals surface area contributed by atoms with Gasteiger partial charge in [-0.15, -0.1) is 0 Å². The van der Waals surface area contributed by atoms with E-state index in [4.69, 9.17) is 14.2 Å². The molecule has 0 radical (unpaired) electrons. The van der Waals surface area contributed by atoms with E-state index in [0.29, 0.717) is 17.6 Å². The fraction of sp³-hybridized carbons (Fsp3) is 0.556. The Balaban J connectivity index is 1.82. The van der Waals surface area contributed by atoms with Crippen LogP contribution < -0.4 is 0 Å². The van der Waals surface area contributed by atoms with Crippen molar-refractivity contribution in [2.24, 2.45) is 11.3 Å². The minimum Gasteiger partial charge on any atom is -0.493 e. The van der Waals surface area contributed by atoms with Crippen LogP contribution in [0.1, 0.15) is 26.2 Å². The number of ketones is 2. The molecule has 2 aliphatic heterocycles. The zero-order valence-corrected chi connectivity index (χ0v) is 13.5. The summed E-state index contributed by atoms with van der Waals surface area (Å²) in [6.07, 6.45) is 5.45. The summed E-state index contributed by atoms with van der Waals surface area (Å²) < 4.78 is 16.6. The Morgan fingerprint density at radius 1 is 1.22 bits per heavy atom. The summed E-state index contributed by atoms with van der Waals surface area (Å²) in [6.45, 7) is 2.13. The van der Waals surface area contributed by atoms with Gasteiger partial charge in [0, 0.05) is 35.7 Å². The number of methoxy groups -OCH3 is 2. The number of Topliss-reactive ketones (excluding diaryl/α,β-unsaturated/α-hetero) is 1. The van der Waals surface area contributed by atoms with Crippen LogP contribution in [0, 0.1) is 11.3 Å². The molecule has 5 rings (SSSR count). The standard InChI is InChI=1S/C18H20O5/c1-18-8-11-10(13(19)7-14(21-2)16(11)20)6-12(18)9-4-5-15(18)23-17(9)22-3/h6-7,9,15,17H,4-5,8H2,1-3H3/t9-,15+,17+,18-/m0/s1. The first-order valence-corrected chi connectivity index (χ1v) is 7.97. The van der Waals surface area contributed by atoms with E-state index in [-0.39, 0.29) is 41.1 Å². The van der Waals surface area contributed by atoms with Gasteiger partial charge < -0.3 is 14.2 Å². The molecule has 0 aromatic heterocycles. The highest BCUT2D eigenvalue weighted by atomic mass is 16.7. The van der Waals surface area contributed by atoms with E-state index >= 15 is 0 Å². The van der Waals surface area contributed by atoms with Crippen LogP contribution in [0.5, 0.6) is 0 Å². The first-order valence-electron chi connectivity index (χ1n) is 7.97. The van der Waals surface area contributed by atoms with Crippen molar-refractivity contribution in [1.29, 1.82) is 0 Å². The second-order valence-electron chi connectivity index (χ2n) is 6.90. The molecule has 2 bridgehead atoms. The predicted octanol–water partition coefficient (Wildman–Crippen LogP) is 2.08. The molecular weight excluding hydrogens is 296 g/mol. The Bertz CT molecular complexity index is 698. The lowest BCUT2D eigenvalue weighted by Crippen LogP contribution is -2.55. The summed E-state index contributed by atoms with van der Waals surface area (Å²) in [5, 5.41) is 0. The Morgan fingerprint density at radius 3 is 2.70 bits per heavy atom. The molecule has 0 aromatic carbocycles. The maximum absolute atomic E-state index is 12.6. The number of fused-ring (bicyclic) bond motifs is 2. The average molecular weight is 316 g/mol. The molecule has 4 atom stereocenters. The molecule has 0 spiro atoms. The van der Waals surface area contributed by atoms with Crippen LogP contribution in [0.3, 0.4) is 0 Å². The van der Waals surface area contributed by atoms with Crippen molar-refractivity contribution in [3.63, 3.8) is 0 Å². The number of allylic oxidation sites excluding steroid dienone is 4. The number of hydrogen-bond acceptors (Lipinski definition) is 5. The van der Waals surface area contributed by atoms with Gasteiger partial charge in [0.05, 0.1) is 13.2 Å². The molecule has 2 heterocycles. The SMILES string of the molecule is COC1=CC(=O)C2=C(C[C@@]3(C)C(=C2)[C@@H]2CC[C@H]3O[C@H]2OC)C1=O. The van der Waals surface area contributed by atoms with Gasteiger partial charge in [0.1, 0.15) is 0 Å². The fourth-order valence-corrected chi connectivity index (χ4v) is 4.57. The third-order valence-electron chi connectivity index (χ3n) is 5.78. The van der Waals surface area contributed by atoms with Crippen LogP contribution in [-0.2, 0) is 23.8 Å². The van der Waals surface area contributed by atoms with E-state index in [0.717, 1.165) is 12.8 Å². The van der Waals surface area contributed by atoms with Crippen molar-refractivity contribution >= 4 is 11.6 Å². The topological polar surface area (TPSA) is 61.8 Å². The lowest BCUT2D eigenvalue weighted by atomic mass is 9.57. The first-order chi connectivity index (χ1) is 11.0. The van der Waals surface area contributed by atoms with Crippen LogP contribution >= 0.6 is 0 Å². The molecule has 122 valence electrons. The van der Waals surface area contributed by atoms with Gasteiger partial charge in [0.25, 0.3) is 0 Å². The van der Waals surface area contributed by atoms with E-state index < -0.39 is 0 Å². The van der Waals surface area contributed by atoms with Gasteiger partial charge in [-0.2, -0.15) is 0 Å². The van der Waals surface area contributed by atoms with E-state index in [2.05, 4.69) is 6.92 Å². The summed E-state index contributed by atoms with van der Waals surface area (Å²) in [6, 6.07) is 0. The maximum Gasteiger partial charge on any atom is 0.224 e. The quantitative estimate of drug-likeness (QED) is 0.730. The van der Waals surface area contributed by atoms with E-state index in [1.807, 2.05) is 6.08 Å². The zero-order valence-electron chi connectivity index (χ0n) is 13.5. The number of carbonyl (C=O) groups excluding carboxylic acids is 2. The Kier molecular flexibility index (Phi) is 3.15. The highest BCUT2D eigenvalue weighted by Gasteiger charge is 2.56. The first kappa shape index (κ1) is 14.8. The summed E-state index contributed by atoms with van der Waals surface area (Å²) >= 11 is 0. The molecule has 0 amide bonds. The highest BCUT2D eigenvalue weighted by molar-refractivity contribution is 6.23. The van der Waals surface area contributed by atoms with Gasteiger partial charge in [-0.3, -0.25) is 9.59 Å². The summed E-state index contributed by atoms with van der Waals surface area (Å²) in [7, 11) is 3.07. The van der Waals surface area contributed by atoms with E-state index in [1.165, 1.54) is 18.8 Å². The van der Waals surface area contributed by atoms with Gasteiger partial charge in [-0.25, -0.2) is 0 Å². The van der Waals surface area contributed by atoms with Gasteiger partial charge in [-0.05, 0) is 19.3 Å². The predicted molar refractivity (Wildman–Crippen MR) is 81.3 cm³/mol. The van der Waals surface area contributed by atoms with Crippen molar-refractivity contribution in [1.82, 2.24) is 0 Å².